The van der Waals surface area contributed by atoms with Crippen LogP contribution >= 0.6 is 27.7 Å². The molecule has 0 unspecified atom stereocenters. The Labute approximate surface area is 118 Å². The molecule has 0 fully saturated rings. The molecule has 96 valence electrons. The van der Waals surface area contributed by atoms with Gasteiger partial charge in [0.2, 0.25) is 0 Å². The Morgan fingerprint density at radius 3 is 2.47 bits per heavy atom. The van der Waals surface area contributed by atoms with Crippen LogP contribution in [0.5, 0.6) is 0 Å². The highest BCUT2D eigenvalue weighted by Gasteiger charge is 2.15. The van der Waals surface area contributed by atoms with Gasteiger partial charge in [-0.1, -0.05) is 50.5 Å². The summed E-state index contributed by atoms with van der Waals surface area (Å²) in [6.45, 7) is 12.0. The number of rotatable bonds is 4. The summed E-state index contributed by atoms with van der Waals surface area (Å²) in [7, 11) is 0. The van der Waals surface area contributed by atoms with Crippen molar-refractivity contribution in [2.24, 2.45) is 0 Å². The van der Waals surface area contributed by atoms with E-state index in [0.29, 0.717) is 6.04 Å². The highest BCUT2D eigenvalue weighted by molar-refractivity contribution is 9.10. The molecular weight excluding hydrogens is 294 g/mol. The molecule has 1 aromatic carbocycles. The lowest BCUT2D eigenvalue weighted by atomic mass is 10.2. The minimum Gasteiger partial charge on any atom is -0.310 e. The zero-order valence-corrected chi connectivity index (χ0v) is 13.7. The van der Waals surface area contributed by atoms with Gasteiger partial charge < -0.3 is 5.32 Å². The molecule has 0 spiro atoms. The lowest BCUT2D eigenvalue weighted by Gasteiger charge is -2.20. The number of nitrogens with one attached hydrogen (secondary N) is 1. The average Bonchev–Trinajstić information content (AvgIpc) is 2.16. The van der Waals surface area contributed by atoms with Crippen LogP contribution in [-0.4, -0.2) is 10.8 Å². The summed E-state index contributed by atoms with van der Waals surface area (Å²) >= 11 is 5.47. The molecule has 0 bridgehead atoms. The van der Waals surface area contributed by atoms with E-state index in [0.717, 1.165) is 11.0 Å². The number of benzene rings is 1. The van der Waals surface area contributed by atoms with Gasteiger partial charge in [0, 0.05) is 26.7 Å². The van der Waals surface area contributed by atoms with Gasteiger partial charge in [-0.05, 0) is 23.8 Å². The number of hydrogen-bond acceptors (Lipinski definition) is 2. The van der Waals surface area contributed by atoms with Gasteiger partial charge in [-0.2, -0.15) is 0 Å². The van der Waals surface area contributed by atoms with Crippen molar-refractivity contribution in [3.8, 4) is 0 Å². The summed E-state index contributed by atoms with van der Waals surface area (Å²) in [5.74, 6) is 0. The van der Waals surface area contributed by atoms with Crippen molar-refractivity contribution in [3.05, 3.63) is 28.2 Å². The normalized spacial score (nSPS) is 12.2. The maximum absolute atomic E-state index is 3.55. The van der Waals surface area contributed by atoms with Crippen LogP contribution in [0.4, 0.5) is 0 Å². The van der Waals surface area contributed by atoms with Crippen LogP contribution in [0, 0.1) is 0 Å². The monoisotopic (exact) mass is 315 g/mol. The molecule has 0 aromatic heterocycles. The standard InChI is InChI=1S/C14H22BrNS/c1-10(2)16-9-11-8-12(15)6-7-13(11)17-14(3,4)5/h6-8,10,16H,9H2,1-5H3. The largest absolute Gasteiger partial charge is 0.310 e. The molecule has 0 saturated heterocycles. The molecular formula is C14H22BrNS. The molecule has 0 radical (unpaired) electrons. The Morgan fingerprint density at radius 1 is 1.29 bits per heavy atom. The van der Waals surface area contributed by atoms with E-state index in [9.17, 15) is 0 Å². The zero-order valence-electron chi connectivity index (χ0n) is 11.3. The van der Waals surface area contributed by atoms with Crippen LogP contribution < -0.4 is 5.32 Å². The summed E-state index contributed by atoms with van der Waals surface area (Å²) in [5.41, 5.74) is 1.37. The molecule has 1 aromatic rings. The van der Waals surface area contributed by atoms with Gasteiger partial charge in [0.1, 0.15) is 0 Å². The number of halogens is 1. The van der Waals surface area contributed by atoms with Gasteiger partial charge >= 0.3 is 0 Å². The van der Waals surface area contributed by atoms with E-state index in [1.54, 1.807) is 0 Å². The Balaban J connectivity index is 2.87. The Morgan fingerprint density at radius 2 is 1.94 bits per heavy atom. The van der Waals surface area contributed by atoms with E-state index in [4.69, 9.17) is 0 Å². The van der Waals surface area contributed by atoms with E-state index in [2.05, 4.69) is 74.1 Å². The third-order valence-corrected chi connectivity index (χ3v) is 3.86. The zero-order chi connectivity index (χ0) is 13.1. The smallest absolute Gasteiger partial charge is 0.0219 e. The summed E-state index contributed by atoms with van der Waals surface area (Å²) < 4.78 is 1.40. The molecule has 0 aliphatic rings. The quantitative estimate of drug-likeness (QED) is 0.798. The fraction of sp³-hybridized carbons (Fsp3) is 0.571. The highest BCUT2D eigenvalue weighted by atomic mass is 79.9. The fourth-order valence-electron chi connectivity index (χ4n) is 1.43. The van der Waals surface area contributed by atoms with Crippen molar-refractivity contribution in [2.45, 2.75) is 56.8 Å². The van der Waals surface area contributed by atoms with E-state index in [-0.39, 0.29) is 4.75 Å². The van der Waals surface area contributed by atoms with Crippen LogP contribution in [0.3, 0.4) is 0 Å². The first-order valence-corrected chi connectivity index (χ1v) is 7.60. The Kier molecular flexibility index (Phi) is 5.55. The van der Waals surface area contributed by atoms with Crippen LogP contribution in [0.25, 0.3) is 0 Å². The second kappa shape index (κ2) is 6.26. The first-order valence-electron chi connectivity index (χ1n) is 5.99. The SMILES string of the molecule is CC(C)NCc1cc(Br)ccc1SC(C)(C)C. The lowest BCUT2D eigenvalue weighted by Crippen LogP contribution is -2.22. The van der Waals surface area contributed by atoms with Crippen LogP contribution in [0.2, 0.25) is 0 Å². The van der Waals surface area contributed by atoms with E-state index >= 15 is 0 Å². The minimum absolute atomic E-state index is 0.250. The van der Waals surface area contributed by atoms with Crippen molar-refractivity contribution < 1.29 is 0 Å². The molecule has 1 N–H and O–H groups in total. The van der Waals surface area contributed by atoms with Crippen LogP contribution in [-0.2, 0) is 6.54 Å². The van der Waals surface area contributed by atoms with Gasteiger partial charge in [0.05, 0.1) is 0 Å². The van der Waals surface area contributed by atoms with Gasteiger partial charge in [-0.15, -0.1) is 11.8 Å². The van der Waals surface area contributed by atoms with Gasteiger partial charge in [0.25, 0.3) is 0 Å². The van der Waals surface area contributed by atoms with Crippen molar-refractivity contribution in [1.29, 1.82) is 0 Å². The highest BCUT2D eigenvalue weighted by Crippen LogP contribution is 2.35. The van der Waals surface area contributed by atoms with E-state index in [1.807, 2.05) is 11.8 Å². The molecule has 0 amide bonds. The lowest BCUT2D eigenvalue weighted by molar-refractivity contribution is 0.584. The third kappa shape index (κ3) is 5.94. The van der Waals surface area contributed by atoms with Crippen LogP contribution in [0.1, 0.15) is 40.2 Å². The minimum atomic E-state index is 0.250. The molecule has 0 saturated carbocycles. The van der Waals surface area contributed by atoms with Crippen molar-refractivity contribution in [2.75, 3.05) is 0 Å². The summed E-state index contributed by atoms with van der Waals surface area (Å²) in [6, 6.07) is 7.05. The Hall–Kier alpha value is 0.01000. The fourth-order valence-corrected chi connectivity index (χ4v) is 2.90. The molecule has 3 heteroatoms. The maximum Gasteiger partial charge on any atom is 0.0219 e. The van der Waals surface area contributed by atoms with Crippen molar-refractivity contribution >= 4 is 27.7 Å². The van der Waals surface area contributed by atoms with Gasteiger partial charge in [-0.3, -0.25) is 0 Å². The van der Waals surface area contributed by atoms with E-state index in [1.165, 1.54) is 10.5 Å². The second-order valence-electron chi connectivity index (χ2n) is 5.50. The van der Waals surface area contributed by atoms with Gasteiger partial charge in [0.15, 0.2) is 0 Å². The Bertz CT molecular complexity index is 369. The van der Waals surface area contributed by atoms with Crippen LogP contribution in [0.15, 0.2) is 27.6 Å². The number of thioether (sulfide) groups is 1. The second-order valence-corrected chi connectivity index (χ2v) is 8.29. The van der Waals surface area contributed by atoms with E-state index < -0.39 is 0 Å². The number of hydrogen-bond donors (Lipinski definition) is 1. The predicted molar refractivity (Wildman–Crippen MR) is 81.7 cm³/mol. The summed E-state index contributed by atoms with van der Waals surface area (Å²) in [5, 5.41) is 3.48. The predicted octanol–water partition coefficient (Wildman–Crippen LogP) is 4.84. The first kappa shape index (κ1) is 15.1. The maximum atomic E-state index is 3.55. The molecule has 1 rings (SSSR count). The summed E-state index contributed by atoms with van der Waals surface area (Å²) in [6.07, 6.45) is 0. The van der Waals surface area contributed by atoms with Gasteiger partial charge in [-0.25, -0.2) is 0 Å². The first-order chi connectivity index (χ1) is 7.78. The summed E-state index contributed by atoms with van der Waals surface area (Å²) in [4.78, 5) is 1.37. The molecule has 0 aliphatic heterocycles. The average molecular weight is 316 g/mol. The molecule has 17 heavy (non-hydrogen) atoms. The molecule has 0 aliphatic carbocycles. The molecule has 0 atom stereocenters. The molecule has 0 heterocycles. The third-order valence-electron chi connectivity index (χ3n) is 2.14. The topological polar surface area (TPSA) is 12.0 Å². The van der Waals surface area contributed by atoms with Crippen molar-refractivity contribution in [3.63, 3.8) is 0 Å². The van der Waals surface area contributed by atoms with Crippen molar-refractivity contribution in [1.82, 2.24) is 5.32 Å². The molecule has 1 nitrogen and oxygen atoms in total.